The SMILES string of the molecule is Cc1ccc(S(=O)(=O)NCC2CCNC2)cc1. The Balaban J connectivity index is 2.00. The number of sulfonamides is 1. The molecule has 1 atom stereocenters. The second kappa shape index (κ2) is 5.16. The summed E-state index contributed by atoms with van der Waals surface area (Å²) in [6.07, 6.45) is 1.04. The monoisotopic (exact) mass is 254 g/mol. The highest BCUT2D eigenvalue weighted by molar-refractivity contribution is 7.89. The number of rotatable bonds is 4. The van der Waals surface area contributed by atoms with Crippen LogP contribution in [0.1, 0.15) is 12.0 Å². The predicted molar refractivity (Wildman–Crippen MR) is 67.3 cm³/mol. The maximum absolute atomic E-state index is 12.0. The molecule has 0 saturated carbocycles. The van der Waals surface area contributed by atoms with E-state index in [9.17, 15) is 8.42 Å². The lowest BCUT2D eigenvalue weighted by Gasteiger charge is -2.10. The van der Waals surface area contributed by atoms with Crippen LogP contribution >= 0.6 is 0 Å². The highest BCUT2D eigenvalue weighted by Gasteiger charge is 2.19. The fraction of sp³-hybridized carbons (Fsp3) is 0.500. The third-order valence-corrected chi connectivity index (χ3v) is 4.50. The van der Waals surface area contributed by atoms with E-state index in [2.05, 4.69) is 10.0 Å². The largest absolute Gasteiger partial charge is 0.316 e. The third kappa shape index (κ3) is 3.28. The van der Waals surface area contributed by atoms with Crippen molar-refractivity contribution in [3.05, 3.63) is 29.8 Å². The van der Waals surface area contributed by atoms with Crippen LogP contribution in [0.15, 0.2) is 29.2 Å². The minimum absolute atomic E-state index is 0.342. The molecule has 17 heavy (non-hydrogen) atoms. The van der Waals surface area contributed by atoms with Gasteiger partial charge < -0.3 is 5.32 Å². The third-order valence-electron chi connectivity index (χ3n) is 3.06. The van der Waals surface area contributed by atoms with Crippen LogP contribution in [-0.4, -0.2) is 28.1 Å². The van der Waals surface area contributed by atoms with Crippen molar-refractivity contribution in [2.24, 2.45) is 5.92 Å². The van der Waals surface area contributed by atoms with Crippen molar-refractivity contribution in [3.8, 4) is 0 Å². The molecule has 1 aromatic rings. The maximum atomic E-state index is 12.0. The quantitative estimate of drug-likeness (QED) is 0.838. The molecule has 1 unspecified atom stereocenters. The first-order valence-electron chi connectivity index (χ1n) is 5.85. The highest BCUT2D eigenvalue weighted by Crippen LogP contribution is 2.11. The Morgan fingerprint density at radius 3 is 2.65 bits per heavy atom. The second-order valence-corrected chi connectivity index (χ2v) is 6.29. The van der Waals surface area contributed by atoms with E-state index in [0.29, 0.717) is 17.4 Å². The first-order valence-corrected chi connectivity index (χ1v) is 7.33. The van der Waals surface area contributed by atoms with Gasteiger partial charge in [0, 0.05) is 6.54 Å². The van der Waals surface area contributed by atoms with Crippen LogP contribution in [0.5, 0.6) is 0 Å². The summed E-state index contributed by atoms with van der Waals surface area (Å²) in [4.78, 5) is 0.342. The molecular weight excluding hydrogens is 236 g/mol. The number of hydrogen-bond acceptors (Lipinski definition) is 3. The molecule has 2 rings (SSSR count). The molecule has 0 spiro atoms. The maximum Gasteiger partial charge on any atom is 0.240 e. The molecular formula is C12H18N2O2S. The van der Waals surface area contributed by atoms with Crippen LogP contribution in [0, 0.1) is 12.8 Å². The van der Waals surface area contributed by atoms with Crippen LogP contribution in [0.4, 0.5) is 0 Å². The van der Waals surface area contributed by atoms with Crippen molar-refractivity contribution < 1.29 is 8.42 Å². The Labute approximate surface area is 102 Å². The molecule has 0 radical (unpaired) electrons. The molecule has 1 saturated heterocycles. The molecule has 0 aromatic heterocycles. The summed E-state index contributed by atoms with van der Waals surface area (Å²) in [5.41, 5.74) is 1.06. The molecule has 1 fully saturated rings. The number of aryl methyl sites for hydroxylation is 1. The number of hydrogen-bond donors (Lipinski definition) is 2. The summed E-state index contributed by atoms with van der Waals surface area (Å²) in [6, 6.07) is 6.91. The molecule has 1 aromatic carbocycles. The summed E-state index contributed by atoms with van der Waals surface area (Å²) in [6.45, 7) is 4.34. The summed E-state index contributed by atoms with van der Waals surface area (Å²) < 4.78 is 26.6. The lowest BCUT2D eigenvalue weighted by atomic mass is 10.1. The average molecular weight is 254 g/mol. The average Bonchev–Trinajstić information content (AvgIpc) is 2.80. The van der Waals surface area contributed by atoms with E-state index in [0.717, 1.165) is 25.1 Å². The second-order valence-electron chi connectivity index (χ2n) is 4.52. The standard InChI is InChI=1S/C12H18N2O2S/c1-10-2-4-12(5-3-10)17(15,16)14-9-11-6-7-13-8-11/h2-5,11,13-14H,6-9H2,1H3. The van der Waals surface area contributed by atoms with E-state index in [1.807, 2.05) is 19.1 Å². The summed E-state index contributed by atoms with van der Waals surface area (Å²) in [7, 11) is -3.34. The Kier molecular flexibility index (Phi) is 3.81. The summed E-state index contributed by atoms with van der Waals surface area (Å²) in [5, 5.41) is 3.22. The lowest BCUT2D eigenvalue weighted by Crippen LogP contribution is -2.30. The Morgan fingerprint density at radius 2 is 2.06 bits per heavy atom. The molecule has 1 heterocycles. The van der Waals surface area contributed by atoms with Gasteiger partial charge in [0.15, 0.2) is 0 Å². The highest BCUT2D eigenvalue weighted by atomic mass is 32.2. The predicted octanol–water partition coefficient (Wildman–Crippen LogP) is 0.883. The van der Waals surface area contributed by atoms with E-state index < -0.39 is 10.0 Å². The molecule has 0 aliphatic carbocycles. The zero-order valence-corrected chi connectivity index (χ0v) is 10.8. The van der Waals surface area contributed by atoms with Crippen LogP contribution in [0.3, 0.4) is 0 Å². The van der Waals surface area contributed by atoms with Gasteiger partial charge in [-0.25, -0.2) is 13.1 Å². The van der Waals surface area contributed by atoms with Gasteiger partial charge in [-0.2, -0.15) is 0 Å². The van der Waals surface area contributed by atoms with Gasteiger partial charge in [-0.1, -0.05) is 17.7 Å². The molecule has 1 aliphatic heterocycles. The zero-order chi connectivity index (χ0) is 12.3. The lowest BCUT2D eigenvalue weighted by molar-refractivity contribution is 0.539. The molecule has 1 aliphatic rings. The molecule has 0 bridgehead atoms. The van der Waals surface area contributed by atoms with Gasteiger partial charge in [-0.15, -0.1) is 0 Å². The van der Waals surface area contributed by atoms with Crippen molar-refractivity contribution in [1.29, 1.82) is 0 Å². The van der Waals surface area contributed by atoms with Crippen molar-refractivity contribution in [2.75, 3.05) is 19.6 Å². The van der Waals surface area contributed by atoms with Gasteiger partial charge in [0.05, 0.1) is 4.90 Å². The van der Waals surface area contributed by atoms with Crippen molar-refractivity contribution in [2.45, 2.75) is 18.2 Å². The minimum Gasteiger partial charge on any atom is -0.316 e. The normalized spacial score (nSPS) is 20.6. The van der Waals surface area contributed by atoms with E-state index in [1.165, 1.54) is 0 Å². The van der Waals surface area contributed by atoms with Crippen LogP contribution in [0.25, 0.3) is 0 Å². The van der Waals surface area contributed by atoms with E-state index >= 15 is 0 Å². The molecule has 5 heteroatoms. The van der Waals surface area contributed by atoms with Gasteiger partial charge >= 0.3 is 0 Å². The van der Waals surface area contributed by atoms with Gasteiger partial charge in [-0.05, 0) is 44.5 Å². The Bertz CT molecular complexity index is 462. The van der Waals surface area contributed by atoms with Crippen molar-refractivity contribution >= 4 is 10.0 Å². The topological polar surface area (TPSA) is 58.2 Å². The van der Waals surface area contributed by atoms with Crippen molar-refractivity contribution in [1.82, 2.24) is 10.0 Å². The van der Waals surface area contributed by atoms with E-state index in [1.54, 1.807) is 12.1 Å². The first kappa shape index (κ1) is 12.5. The van der Waals surface area contributed by atoms with Gasteiger partial charge in [0.1, 0.15) is 0 Å². The van der Waals surface area contributed by atoms with Crippen molar-refractivity contribution in [3.63, 3.8) is 0 Å². The van der Waals surface area contributed by atoms with E-state index in [-0.39, 0.29) is 0 Å². The molecule has 0 amide bonds. The van der Waals surface area contributed by atoms with Gasteiger partial charge in [-0.3, -0.25) is 0 Å². The number of benzene rings is 1. The molecule has 2 N–H and O–H groups in total. The summed E-state index contributed by atoms with van der Waals surface area (Å²) in [5.74, 6) is 0.412. The molecule has 4 nitrogen and oxygen atoms in total. The summed E-state index contributed by atoms with van der Waals surface area (Å²) >= 11 is 0. The first-order chi connectivity index (χ1) is 8.08. The minimum atomic E-state index is -3.34. The van der Waals surface area contributed by atoms with Gasteiger partial charge in [0.2, 0.25) is 10.0 Å². The Morgan fingerprint density at radius 1 is 1.35 bits per heavy atom. The smallest absolute Gasteiger partial charge is 0.240 e. The zero-order valence-electron chi connectivity index (χ0n) is 9.94. The molecule has 94 valence electrons. The number of nitrogens with one attached hydrogen (secondary N) is 2. The fourth-order valence-electron chi connectivity index (χ4n) is 1.92. The Hall–Kier alpha value is -0.910. The van der Waals surface area contributed by atoms with E-state index in [4.69, 9.17) is 0 Å². The van der Waals surface area contributed by atoms with Crippen LogP contribution in [-0.2, 0) is 10.0 Å². The van der Waals surface area contributed by atoms with Crippen LogP contribution in [0.2, 0.25) is 0 Å². The van der Waals surface area contributed by atoms with Gasteiger partial charge in [0.25, 0.3) is 0 Å². The fourth-order valence-corrected chi connectivity index (χ4v) is 3.03. The van der Waals surface area contributed by atoms with Crippen LogP contribution < -0.4 is 10.0 Å².